The standard InChI is InChI=1S/C12H21NO4/c1-3-16-12(15)5-4-11(14)13-10-6-7-17-9(2)8-10/h9-10H,3-8H2,1-2H3,(H,13,14). The molecule has 1 fully saturated rings. The van der Waals surface area contributed by atoms with E-state index >= 15 is 0 Å². The highest BCUT2D eigenvalue weighted by atomic mass is 16.5. The summed E-state index contributed by atoms with van der Waals surface area (Å²) in [4.78, 5) is 22.6. The zero-order chi connectivity index (χ0) is 12.7. The van der Waals surface area contributed by atoms with E-state index in [1.807, 2.05) is 6.92 Å². The van der Waals surface area contributed by atoms with Crippen LogP contribution in [0, 0.1) is 0 Å². The van der Waals surface area contributed by atoms with Crippen molar-refractivity contribution in [2.45, 2.75) is 51.7 Å². The molecule has 1 amide bonds. The van der Waals surface area contributed by atoms with Gasteiger partial charge in [0, 0.05) is 19.1 Å². The highest BCUT2D eigenvalue weighted by molar-refractivity contribution is 5.81. The summed E-state index contributed by atoms with van der Waals surface area (Å²) in [5, 5.41) is 2.92. The molecule has 1 aliphatic rings. The Labute approximate surface area is 102 Å². The van der Waals surface area contributed by atoms with Crippen molar-refractivity contribution in [2.24, 2.45) is 0 Å². The van der Waals surface area contributed by atoms with Gasteiger partial charge in [-0.3, -0.25) is 9.59 Å². The molecule has 5 nitrogen and oxygen atoms in total. The van der Waals surface area contributed by atoms with Gasteiger partial charge >= 0.3 is 5.97 Å². The number of hydrogen-bond acceptors (Lipinski definition) is 4. The Morgan fingerprint density at radius 3 is 2.82 bits per heavy atom. The molecule has 1 saturated heterocycles. The van der Waals surface area contributed by atoms with Crippen LogP contribution in [0.3, 0.4) is 0 Å². The van der Waals surface area contributed by atoms with Crippen molar-refractivity contribution < 1.29 is 19.1 Å². The molecule has 0 aliphatic carbocycles. The van der Waals surface area contributed by atoms with E-state index in [1.54, 1.807) is 6.92 Å². The molecule has 0 spiro atoms. The van der Waals surface area contributed by atoms with Crippen LogP contribution in [0.2, 0.25) is 0 Å². The van der Waals surface area contributed by atoms with Crippen LogP contribution < -0.4 is 5.32 Å². The van der Waals surface area contributed by atoms with Gasteiger partial charge in [-0.2, -0.15) is 0 Å². The first kappa shape index (κ1) is 14.0. The Bertz CT molecular complexity index is 267. The van der Waals surface area contributed by atoms with Crippen molar-refractivity contribution in [1.82, 2.24) is 5.32 Å². The first-order valence-corrected chi connectivity index (χ1v) is 6.18. The fourth-order valence-electron chi connectivity index (χ4n) is 1.88. The Balaban J connectivity index is 2.18. The predicted octanol–water partition coefficient (Wildman–Crippen LogP) is 1.01. The van der Waals surface area contributed by atoms with Gasteiger partial charge in [0.05, 0.1) is 19.1 Å². The average Bonchev–Trinajstić information content (AvgIpc) is 2.27. The molecule has 1 aliphatic heterocycles. The Kier molecular flexibility index (Phi) is 5.97. The SMILES string of the molecule is CCOC(=O)CCC(=O)NC1CCOC(C)C1. The van der Waals surface area contributed by atoms with Crippen LogP contribution in [0.1, 0.15) is 39.5 Å². The van der Waals surface area contributed by atoms with Crippen LogP contribution in [0.4, 0.5) is 0 Å². The lowest BCUT2D eigenvalue weighted by atomic mass is 10.0. The topological polar surface area (TPSA) is 64.6 Å². The Morgan fingerprint density at radius 2 is 2.18 bits per heavy atom. The van der Waals surface area contributed by atoms with Crippen molar-refractivity contribution >= 4 is 11.9 Å². The monoisotopic (exact) mass is 243 g/mol. The summed E-state index contributed by atoms with van der Waals surface area (Å²) >= 11 is 0. The number of rotatable bonds is 5. The van der Waals surface area contributed by atoms with Gasteiger partial charge in [0.2, 0.25) is 5.91 Å². The summed E-state index contributed by atoms with van der Waals surface area (Å²) in [7, 11) is 0. The number of nitrogens with one attached hydrogen (secondary N) is 1. The van der Waals surface area contributed by atoms with Crippen LogP contribution in [-0.2, 0) is 19.1 Å². The molecular weight excluding hydrogens is 222 g/mol. The normalized spacial score (nSPS) is 24.1. The third kappa shape index (κ3) is 5.68. The number of amides is 1. The van der Waals surface area contributed by atoms with Crippen LogP contribution in [0.25, 0.3) is 0 Å². The average molecular weight is 243 g/mol. The maximum Gasteiger partial charge on any atom is 0.306 e. The van der Waals surface area contributed by atoms with Crippen LogP contribution >= 0.6 is 0 Å². The molecule has 1 N–H and O–H groups in total. The summed E-state index contributed by atoms with van der Waals surface area (Å²) in [6.07, 6.45) is 2.23. The number of carbonyl (C=O) groups excluding carboxylic acids is 2. The lowest BCUT2D eigenvalue weighted by molar-refractivity contribution is -0.144. The van der Waals surface area contributed by atoms with Crippen molar-refractivity contribution in [3.63, 3.8) is 0 Å². The Morgan fingerprint density at radius 1 is 1.41 bits per heavy atom. The largest absolute Gasteiger partial charge is 0.466 e. The fourth-order valence-corrected chi connectivity index (χ4v) is 1.88. The number of carbonyl (C=O) groups is 2. The fraction of sp³-hybridized carbons (Fsp3) is 0.833. The van der Waals surface area contributed by atoms with Gasteiger partial charge in [-0.1, -0.05) is 0 Å². The third-order valence-corrected chi connectivity index (χ3v) is 2.71. The molecule has 5 heteroatoms. The van der Waals surface area contributed by atoms with E-state index in [0.29, 0.717) is 13.2 Å². The summed E-state index contributed by atoms with van der Waals surface area (Å²) in [5.74, 6) is -0.403. The molecule has 0 bridgehead atoms. The molecule has 0 saturated carbocycles. The second kappa shape index (κ2) is 7.27. The highest BCUT2D eigenvalue weighted by Crippen LogP contribution is 2.13. The van der Waals surface area contributed by atoms with Crippen molar-refractivity contribution in [1.29, 1.82) is 0 Å². The minimum atomic E-state index is -0.317. The smallest absolute Gasteiger partial charge is 0.306 e. The van der Waals surface area contributed by atoms with E-state index in [2.05, 4.69) is 5.32 Å². The van der Waals surface area contributed by atoms with Gasteiger partial charge in [-0.15, -0.1) is 0 Å². The summed E-state index contributed by atoms with van der Waals surface area (Å²) < 4.78 is 10.2. The molecule has 2 atom stereocenters. The molecule has 17 heavy (non-hydrogen) atoms. The third-order valence-electron chi connectivity index (χ3n) is 2.71. The van der Waals surface area contributed by atoms with E-state index in [1.165, 1.54) is 0 Å². The van der Waals surface area contributed by atoms with Gasteiger partial charge < -0.3 is 14.8 Å². The minimum Gasteiger partial charge on any atom is -0.466 e. The number of ether oxygens (including phenoxy) is 2. The highest BCUT2D eigenvalue weighted by Gasteiger charge is 2.20. The summed E-state index contributed by atoms with van der Waals surface area (Å²) in [6.45, 7) is 4.79. The van der Waals surface area contributed by atoms with Crippen LogP contribution in [0.15, 0.2) is 0 Å². The number of hydrogen-bond donors (Lipinski definition) is 1. The molecule has 2 unspecified atom stereocenters. The first-order valence-electron chi connectivity index (χ1n) is 6.18. The van der Waals surface area contributed by atoms with E-state index in [0.717, 1.165) is 12.8 Å². The van der Waals surface area contributed by atoms with Crippen LogP contribution in [-0.4, -0.2) is 37.2 Å². The van der Waals surface area contributed by atoms with Crippen molar-refractivity contribution in [2.75, 3.05) is 13.2 Å². The lowest BCUT2D eigenvalue weighted by Gasteiger charge is -2.27. The molecule has 0 aromatic rings. The van der Waals surface area contributed by atoms with Crippen LogP contribution in [0.5, 0.6) is 0 Å². The van der Waals surface area contributed by atoms with Gasteiger partial charge in [0.15, 0.2) is 0 Å². The summed E-state index contributed by atoms with van der Waals surface area (Å²) in [5.41, 5.74) is 0. The molecule has 98 valence electrons. The molecular formula is C12H21NO4. The predicted molar refractivity (Wildman–Crippen MR) is 62.4 cm³/mol. The number of esters is 1. The maximum atomic E-state index is 11.6. The van der Waals surface area contributed by atoms with Crippen molar-refractivity contribution in [3.8, 4) is 0 Å². The second-order valence-corrected chi connectivity index (χ2v) is 4.28. The lowest BCUT2D eigenvalue weighted by Crippen LogP contribution is -2.41. The Hall–Kier alpha value is -1.10. The molecule has 0 aromatic carbocycles. The molecule has 1 heterocycles. The quantitative estimate of drug-likeness (QED) is 0.732. The zero-order valence-electron chi connectivity index (χ0n) is 10.5. The van der Waals surface area contributed by atoms with Gasteiger partial charge in [-0.25, -0.2) is 0 Å². The molecule has 0 aromatic heterocycles. The minimum absolute atomic E-state index is 0.0860. The second-order valence-electron chi connectivity index (χ2n) is 4.28. The first-order chi connectivity index (χ1) is 8.11. The van der Waals surface area contributed by atoms with E-state index < -0.39 is 0 Å². The van der Waals surface area contributed by atoms with E-state index in [9.17, 15) is 9.59 Å². The van der Waals surface area contributed by atoms with E-state index in [4.69, 9.17) is 9.47 Å². The van der Waals surface area contributed by atoms with Crippen molar-refractivity contribution in [3.05, 3.63) is 0 Å². The van der Waals surface area contributed by atoms with Gasteiger partial charge in [-0.05, 0) is 26.7 Å². The van der Waals surface area contributed by atoms with Gasteiger partial charge in [0.25, 0.3) is 0 Å². The summed E-state index contributed by atoms with van der Waals surface area (Å²) in [6, 6.07) is 0.174. The maximum absolute atomic E-state index is 11.6. The zero-order valence-corrected chi connectivity index (χ0v) is 10.5. The van der Waals surface area contributed by atoms with Gasteiger partial charge in [0.1, 0.15) is 0 Å². The van der Waals surface area contributed by atoms with E-state index in [-0.39, 0.29) is 36.9 Å². The molecule has 0 radical (unpaired) electrons. The molecule has 1 rings (SSSR count).